The number of hydrogen-bond donors (Lipinski definition) is 1. The van der Waals surface area contributed by atoms with Gasteiger partial charge in [-0.25, -0.2) is 0 Å². The highest BCUT2D eigenvalue weighted by molar-refractivity contribution is 5.99. The largest absolute Gasteiger partial charge is 0.493 e. The van der Waals surface area contributed by atoms with E-state index in [1.807, 2.05) is 63.2 Å². The van der Waals surface area contributed by atoms with E-state index in [1.54, 1.807) is 43.3 Å². The van der Waals surface area contributed by atoms with Gasteiger partial charge in [-0.05, 0) is 89.1 Å². The van der Waals surface area contributed by atoms with Gasteiger partial charge < -0.3 is 19.7 Å². The predicted octanol–water partition coefficient (Wildman–Crippen LogP) is 7.12. The lowest BCUT2D eigenvalue weighted by molar-refractivity contribution is -0.143. The van der Waals surface area contributed by atoms with Gasteiger partial charge in [-0.15, -0.1) is 0 Å². The Bertz CT molecular complexity index is 1420. The zero-order chi connectivity index (χ0) is 31.7. The molecule has 228 valence electrons. The standard InChI is InChI=1S/C36H44N2O5/c1-5-42-32(39)18-10-7-13-25-43-31-17-12-11-16-30(31)33(34(40)37-36(2,3)4)38(29-23-24-29)35(41)28-21-19-27(20-22-28)26-14-8-6-9-15-26/h6,8-9,11-12,14-17,19-22,29,33H,5,7,10,13,18,23-25H2,1-4H3,(H,37,40)/i33D. The molecule has 1 N–H and O–H groups in total. The van der Waals surface area contributed by atoms with Gasteiger partial charge in [0.25, 0.3) is 5.91 Å². The predicted molar refractivity (Wildman–Crippen MR) is 169 cm³/mol. The molecule has 7 nitrogen and oxygen atoms in total. The number of carbonyl (C=O) groups excluding carboxylic acids is 3. The zero-order valence-corrected chi connectivity index (χ0v) is 25.7. The average Bonchev–Trinajstić information content (AvgIpc) is 3.84. The van der Waals surface area contributed by atoms with Crippen LogP contribution in [0.2, 0.25) is 0 Å². The van der Waals surface area contributed by atoms with E-state index in [9.17, 15) is 15.8 Å². The summed E-state index contributed by atoms with van der Waals surface area (Å²) >= 11 is 0. The van der Waals surface area contributed by atoms with Crippen LogP contribution in [-0.4, -0.2) is 47.5 Å². The Kier molecular flexibility index (Phi) is 10.5. The minimum Gasteiger partial charge on any atom is -0.493 e. The second-order valence-electron chi connectivity index (χ2n) is 11.9. The summed E-state index contributed by atoms with van der Waals surface area (Å²) in [6.07, 6.45) is 3.92. The molecule has 0 spiro atoms. The van der Waals surface area contributed by atoms with E-state index in [-0.39, 0.29) is 17.9 Å². The van der Waals surface area contributed by atoms with Crippen LogP contribution in [0.1, 0.15) is 89.5 Å². The number of unbranched alkanes of at least 4 members (excludes halogenated alkanes) is 2. The van der Waals surface area contributed by atoms with Crippen LogP contribution in [0.25, 0.3) is 11.1 Å². The Hall–Kier alpha value is -4.13. The lowest BCUT2D eigenvalue weighted by Gasteiger charge is -2.34. The summed E-state index contributed by atoms with van der Waals surface area (Å²) in [5, 5.41) is 2.97. The SMILES string of the molecule is [2H]C(C(=O)NC(C)(C)C)(c1ccccc1OCCCCCC(=O)OCC)N(C(=O)c1ccc(-c2ccccc2)cc1)C1CC1. The number of rotatable bonds is 14. The molecule has 7 heteroatoms. The molecular formula is C36H44N2O5. The number of para-hydroxylation sites is 1. The van der Waals surface area contributed by atoms with Gasteiger partial charge in [0.15, 0.2) is 0 Å². The molecule has 1 atom stereocenters. The summed E-state index contributed by atoms with van der Waals surface area (Å²) < 4.78 is 21.0. The smallest absolute Gasteiger partial charge is 0.305 e. The highest BCUT2D eigenvalue weighted by Crippen LogP contribution is 2.39. The van der Waals surface area contributed by atoms with E-state index in [4.69, 9.17) is 9.47 Å². The Morgan fingerprint density at radius 1 is 0.907 bits per heavy atom. The lowest BCUT2D eigenvalue weighted by Crippen LogP contribution is -2.50. The number of ether oxygens (including phenoxy) is 2. The molecule has 2 amide bonds. The van der Waals surface area contributed by atoms with Gasteiger partial charge >= 0.3 is 5.97 Å². The summed E-state index contributed by atoms with van der Waals surface area (Å²) in [5.74, 6) is -0.784. The first-order chi connectivity index (χ1) is 21.0. The van der Waals surface area contributed by atoms with Crippen LogP contribution in [0.5, 0.6) is 5.75 Å². The van der Waals surface area contributed by atoms with Crippen LogP contribution < -0.4 is 10.1 Å². The summed E-state index contributed by atoms with van der Waals surface area (Å²) in [4.78, 5) is 41.5. The molecule has 1 unspecified atom stereocenters. The molecule has 43 heavy (non-hydrogen) atoms. The lowest BCUT2D eigenvalue weighted by atomic mass is 9.98. The third kappa shape index (κ3) is 9.18. The number of nitrogens with one attached hydrogen (secondary N) is 1. The number of esters is 1. The third-order valence-corrected chi connectivity index (χ3v) is 7.04. The first kappa shape index (κ1) is 30.3. The number of benzene rings is 3. The zero-order valence-electron chi connectivity index (χ0n) is 26.7. The normalized spacial score (nSPS) is 14.7. The fourth-order valence-electron chi connectivity index (χ4n) is 4.87. The van der Waals surface area contributed by atoms with E-state index in [1.165, 1.54) is 4.90 Å². The maximum atomic E-state index is 14.3. The summed E-state index contributed by atoms with van der Waals surface area (Å²) in [7, 11) is 0. The molecule has 1 fully saturated rings. The van der Waals surface area contributed by atoms with Crippen molar-refractivity contribution in [1.29, 1.82) is 0 Å². The van der Waals surface area contributed by atoms with Crippen molar-refractivity contribution in [1.82, 2.24) is 10.2 Å². The van der Waals surface area contributed by atoms with E-state index in [0.29, 0.717) is 62.2 Å². The van der Waals surface area contributed by atoms with Crippen LogP contribution in [0.4, 0.5) is 0 Å². The van der Waals surface area contributed by atoms with E-state index >= 15 is 0 Å². The van der Waals surface area contributed by atoms with Crippen molar-refractivity contribution in [3.05, 3.63) is 90.0 Å². The Balaban J connectivity index is 1.62. The van der Waals surface area contributed by atoms with E-state index in [2.05, 4.69) is 5.32 Å². The van der Waals surface area contributed by atoms with Crippen LogP contribution in [0.3, 0.4) is 0 Å². The van der Waals surface area contributed by atoms with Gasteiger partial charge in [0, 0.05) is 29.1 Å². The molecule has 3 aromatic rings. The molecular weight excluding hydrogens is 540 g/mol. The second-order valence-corrected chi connectivity index (χ2v) is 11.9. The van der Waals surface area contributed by atoms with Crippen molar-refractivity contribution in [2.75, 3.05) is 13.2 Å². The number of nitrogens with zero attached hydrogens (tertiary/aromatic N) is 1. The highest BCUT2D eigenvalue weighted by Gasteiger charge is 2.43. The van der Waals surface area contributed by atoms with Crippen molar-refractivity contribution in [3.63, 3.8) is 0 Å². The Morgan fingerprint density at radius 3 is 2.21 bits per heavy atom. The minimum atomic E-state index is -2.08. The molecule has 0 bridgehead atoms. The Morgan fingerprint density at radius 2 is 1.56 bits per heavy atom. The maximum absolute atomic E-state index is 14.3. The van der Waals surface area contributed by atoms with Gasteiger partial charge in [0.1, 0.15) is 11.8 Å². The first-order valence-electron chi connectivity index (χ1n) is 15.7. The van der Waals surface area contributed by atoms with Gasteiger partial charge in [-0.2, -0.15) is 0 Å². The summed E-state index contributed by atoms with van der Waals surface area (Å²) in [5.41, 5.74) is 2.11. The molecule has 0 saturated heterocycles. The molecule has 0 radical (unpaired) electrons. The topological polar surface area (TPSA) is 84.9 Å². The minimum absolute atomic E-state index is 0.206. The third-order valence-electron chi connectivity index (χ3n) is 7.04. The average molecular weight is 586 g/mol. The van der Waals surface area contributed by atoms with Crippen molar-refractivity contribution < 1.29 is 25.2 Å². The fourth-order valence-corrected chi connectivity index (χ4v) is 4.87. The summed E-state index contributed by atoms with van der Waals surface area (Å²) in [6.45, 7) is 8.07. The maximum Gasteiger partial charge on any atom is 0.305 e. The number of hydrogen-bond acceptors (Lipinski definition) is 5. The van der Waals surface area contributed by atoms with Crippen LogP contribution >= 0.6 is 0 Å². The van der Waals surface area contributed by atoms with Crippen molar-refractivity contribution in [2.24, 2.45) is 0 Å². The van der Waals surface area contributed by atoms with E-state index in [0.717, 1.165) is 17.5 Å². The monoisotopic (exact) mass is 585 g/mol. The fraction of sp³-hybridized carbons (Fsp3) is 0.417. The number of carbonyl (C=O) groups is 3. The molecule has 0 heterocycles. The molecule has 1 aliphatic rings. The second kappa shape index (κ2) is 14.9. The van der Waals surface area contributed by atoms with Crippen molar-refractivity contribution in [2.45, 2.75) is 83.8 Å². The van der Waals surface area contributed by atoms with Crippen molar-refractivity contribution in [3.8, 4) is 16.9 Å². The molecule has 4 rings (SSSR count). The summed E-state index contributed by atoms with van der Waals surface area (Å²) in [6, 6.07) is 21.9. The quantitative estimate of drug-likeness (QED) is 0.161. The van der Waals surface area contributed by atoms with Crippen LogP contribution in [0.15, 0.2) is 78.9 Å². The van der Waals surface area contributed by atoms with Crippen molar-refractivity contribution >= 4 is 17.8 Å². The Labute approximate surface area is 257 Å². The van der Waals surface area contributed by atoms with Crippen LogP contribution in [-0.2, 0) is 14.3 Å². The molecule has 1 aliphatic carbocycles. The molecule has 1 saturated carbocycles. The molecule has 0 aliphatic heterocycles. The molecule has 0 aromatic heterocycles. The van der Waals surface area contributed by atoms with Gasteiger partial charge in [-0.3, -0.25) is 14.4 Å². The van der Waals surface area contributed by atoms with Gasteiger partial charge in [0.2, 0.25) is 5.91 Å². The van der Waals surface area contributed by atoms with Gasteiger partial charge in [-0.1, -0.05) is 60.7 Å². The number of amides is 2. The van der Waals surface area contributed by atoms with E-state index < -0.39 is 17.5 Å². The van der Waals surface area contributed by atoms with Gasteiger partial charge in [0.05, 0.1) is 14.6 Å². The molecule has 3 aromatic carbocycles. The highest BCUT2D eigenvalue weighted by atomic mass is 16.5. The van der Waals surface area contributed by atoms with Crippen LogP contribution in [0, 0.1) is 0 Å². The first-order valence-corrected chi connectivity index (χ1v) is 15.2.